The highest BCUT2D eigenvalue weighted by molar-refractivity contribution is 5.66. The second-order valence-electron chi connectivity index (χ2n) is 1.94. The Bertz CT molecular complexity index is 247. The average molecular weight is 135 g/mol. The molecule has 0 amide bonds. The predicted molar refractivity (Wildman–Crippen MR) is 43.2 cm³/mol. The van der Waals surface area contributed by atoms with E-state index in [0.29, 0.717) is 0 Å². The quantitative estimate of drug-likeness (QED) is 0.473. The van der Waals surface area contributed by atoms with E-state index in [2.05, 4.69) is 21.7 Å². The Labute approximate surface area is 59.5 Å². The van der Waals surface area contributed by atoms with Gasteiger partial charge in [0.2, 0.25) is 0 Å². The molecule has 0 radical (unpaired) electrons. The lowest BCUT2D eigenvalue weighted by atomic mass is 10.4. The number of aliphatic imine (C=N–C) groups is 2. The van der Waals surface area contributed by atoms with Gasteiger partial charge >= 0.3 is 0 Å². The lowest BCUT2D eigenvalue weighted by Gasteiger charge is -1.85. The summed E-state index contributed by atoms with van der Waals surface area (Å²) in [6.07, 6.45) is 3.25. The summed E-state index contributed by atoms with van der Waals surface area (Å²) in [5.41, 5.74) is 1.11. The molecule has 1 aromatic rings. The maximum Gasteiger partial charge on any atom is 0.134 e. The Morgan fingerprint density at radius 1 is 1.70 bits per heavy atom. The number of hydrogen-bond donors (Lipinski definition) is 1. The number of hydrogen-bond acceptors (Lipinski definition) is 1. The normalized spacial score (nSPS) is 10.5. The van der Waals surface area contributed by atoms with Crippen molar-refractivity contribution in [1.29, 1.82) is 0 Å². The average Bonchev–Trinajstić information content (AvgIpc) is 2.31. The molecule has 3 heteroatoms. The van der Waals surface area contributed by atoms with Gasteiger partial charge in [-0.2, -0.15) is 0 Å². The van der Waals surface area contributed by atoms with Gasteiger partial charge in [0.15, 0.2) is 0 Å². The fraction of sp³-hybridized carbons (Fsp3) is 0.143. The van der Waals surface area contributed by atoms with Crippen LogP contribution >= 0.6 is 0 Å². The largest absolute Gasteiger partial charge is 0.346 e. The molecule has 1 N–H and O–H groups in total. The van der Waals surface area contributed by atoms with E-state index in [9.17, 15) is 0 Å². The Hall–Kier alpha value is -1.38. The SMILES string of the molecule is C=N/C=N\c1[nH]ccc1C. The molecular weight excluding hydrogens is 126 g/mol. The van der Waals surface area contributed by atoms with E-state index < -0.39 is 0 Å². The van der Waals surface area contributed by atoms with E-state index in [-0.39, 0.29) is 0 Å². The third kappa shape index (κ3) is 1.31. The van der Waals surface area contributed by atoms with Crippen molar-refractivity contribution in [3.05, 3.63) is 17.8 Å². The van der Waals surface area contributed by atoms with Crippen molar-refractivity contribution >= 4 is 18.9 Å². The third-order valence-corrected chi connectivity index (χ3v) is 1.20. The molecule has 10 heavy (non-hydrogen) atoms. The highest BCUT2D eigenvalue weighted by Crippen LogP contribution is 2.13. The topological polar surface area (TPSA) is 40.5 Å². The smallest absolute Gasteiger partial charge is 0.134 e. The zero-order chi connectivity index (χ0) is 7.40. The molecule has 0 unspecified atom stereocenters. The number of nitrogens with zero attached hydrogens (tertiary/aromatic N) is 2. The molecule has 0 bridgehead atoms. The Morgan fingerprint density at radius 3 is 3.00 bits per heavy atom. The standard InChI is InChI=1S/C7H9N3/c1-6-3-4-9-7(6)10-5-8-2/h3-5,9H,2H2,1H3/b10-5-. The molecule has 52 valence electrons. The van der Waals surface area contributed by atoms with E-state index in [1.54, 1.807) is 0 Å². The van der Waals surface area contributed by atoms with Crippen molar-refractivity contribution < 1.29 is 0 Å². The molecule has 0 spiro atoms. The molecule has 1 aromatic heterocycles. The first kappa shape index (κ1) is 6.74. The van der Waals surface area contributed by atoms with Crippen LogP contribution in [0.25, 0.3) is 0 Å². The van der Waals surface area contributed by atoms with Gasteiger partial charge in [0.1, 0.15) is 12.2 Å². The van der Waals surface area contributed by atoms with Gasteiger partial charge in [-0.1, -0.05) is 0 Å². The van der Waals surface area contributed by atoms with Crippen molar-refractivity contribution in [2.45, 2.75) is 6.92 Å². The molecule has 3 nitrogen and oxygen atoms in total. The van der Waals surface area contributed by atoms with Crippen LogP contribution < -0.4 is 0 Å². The zero-order valence-corrected chi connectivity index (χ0v) is 5.83. The molecule has 0 atom stereocenters. The molecular formula is C7H9N3. The first-order valence-corrected chi connectivity index (χ1v) is 2.97. The Balaban J connectivity index is 2.83. The first-order chi connectivity index (χ1) is 4.84. The summed E-state index contributed by atoms with van der Waals surface area (Å²) in [7, 11) is 0. The fourth-order valence-corrected chi connectivity index (χ4v) is 0.676. The number of aromatic amines is 1. The molecule has 0 aliphatic heterocycles. The van der Waals surface area contributed by atoms with Crippen LogP contribution in [0, 0.1) is 6.92 Å². The molecule has 0 aromatic carbocycles. The number of aromatic nitrogens is 1. The van der Waals surface area contributed by atoms with Gasteiger partial charge in [0.05, 0.1) is 0 Å². The monoisotopic (exact) mass is 135 g/mol. The molecule has 0 saturated heterocycles. The van der Waals surface area contributed by atoms with Crippen LogP contribution in [0.15, 0.2) is 22.2 Å². The molecule has 0 aliphatic rings. The molecule has 1 rings (SSSR count). The predicted octanol–water partition coefficient (Wildman–Crippen LogP) is 1.68. The van der Waals surface area contributed by atoms with E-state index in [0.717, 1.165) is 11.4 Å². The number of aryl methyl sites for hydroxylation is 1. The van der Waals surface area contributed by atoms with Crippen molar-refractivity contribution in [1.82, 2.24) is 4.98 Å². The Kier molecular flexibility index (Phi) is 1.99. The van der Waals surface area contributed by atoms with Gasteiger partial charge < -0.3 is 4.98 Å². The summed E-state index contributed by atoms with van der Waals surface area (Å²) in [6.45, 7) is 5.26. The van der Waals surface area contributed by atoms with Gasteiger partial charge in [0, 0.05) is 6.20 Å². The first-order valence-electron chi connectivity index (χ1n) is 2.97. The summed E-state index contributed by atoms with van der Waals surface area (Å²) in [6, 6.07) is 1.95. The fourth-order valence-electron chi connectivity index (χ4n) is 0.676. The van der Waals surface area contributed by atoms with Crippen LogP contribution in [0.2, 0.25) is 0 Å². The number of nitrogens with one attached hydrogen (secondary N) is 1. The van der Waals surface area contributed by atoms with Crippen LogP contribution in [0.1, 0.15) is 5.56 Å². The summed E-state index contributed by atoms with van der Waals surface area (Å²) >= 11 is 0. The van der Waals surface area contributed by atoms with Crippen LogP contribution in [0.5, 0.6) is 0 Å². The molecule has 0 aliphatic carbocycles. The zero-order valence-electron chi connectivity index (χ0n) is 5.83. The summed E-state index contributed by atoms with van der Waals surface area (Å²) in [5.74, 6) is 0.840. The maximum atomic E-state index is 3.97. The second-order valence-corrected chi connectivity index (χ2v) is 1.94. The van der Waals surface area contributed by atoms with Gasteiger partial charge in [-0.25, -0.2) is 4.99 Å². The minimum Gasteiger partial charge on any atom is -0.346 e. The van der Waals surface area contributed by atoms with E-state index >= 15 is 0 Å². The van der Waals surface area contributed by atoms with Gasteiger partial charge in [-0.15, -0.1) is 0 Å². The van der Waals surface area contributed by atoms with Gasteiger partial charge in [-0.05, 0) is 25.3 Å². The molecule has 0 fully saturated rings. The van der Waals surface area contributed by atoms with E-state index in [4.69, 9.17) is 0 Å². The lowest BCUT2D eigenvalue weighted by Crippen LogP contribution is -1.67. The molecule has 1 heterocycles. The van der Waals surface area contributed by atoms with Crippen LogP contribution in [-0.2, 0) is 0 Å². The van der Waals surface area contributed by atoms with Crippen molar-refractivity contribution in [3.8, 4) is 0 Å². The van der Waals surface area contributed by atoms with E-state index in [1.807, 2.05) is 19.2 Å². The summed E-state index contributed by atoms with van der Waals surface area (Å²) in [4.78, 5) is 10.4. The van der Waals surface area contributed by atoms with Gasteiger partial charge in [0.25, 0.3) is 0 Å². The lowest BCUT2D eigenvalue weighted by molar-refractivity contribution is 1.31. The third-order valence-electron chi connectivity index (χ3n) is 1.20. The van der Waals surface area contributed by atoms with Crippen LogP contribution in [0.4, 0.5) is 5.82 Å². The van der Waals surface area contributed by atoms with Crippen molar-refractivity contribution in [2.75, 3.05) is 0 Å². The van der Waals surface area contributed by atoms with Crippen LogP contribution in [-0.4, -0.2) is 18.0 Å². The van der Waals surface area contributed by atoms with Gasteiger partial charge in [-0.3, -0.25) is 4.99 Å². The summed E-state index contributed by atoms with van der Waals surface area (Å²) in [5, 5.41) is 0. The summed E-state index contributed by atoms with van der Waals surface area (Å²) < 4.78 is 0. The number of rotatable bonds is 2. The minimum atomic E-state index is 0.840. The highest BCUT2D eigenvalue weighted by Gasteiger charge is 1.91. The minimum absolute atomic E-state index is 0.840. The van der Waals surface area contributed by atoms with Crippen LogP contribution in [0.3, 0.4) is 0 Å². The molecule has 0 saturated carbocycles. The van der Waals surface area contributed by atoms with E-state index in [1.165, 1.54) is 6.34 Å². The number of H-pyrrole nitrogens is 1. The maximum absolute atomic E-state index is 3.97. The second kappa shape index (κ2) is 2.96. The Morgan fingerprint density at radius 2 is 2.50 bits per heavy atom. The van der Waals surface area contributed by atoms with Crippen molar-refractivity contribution in [2.24, 2.45) is 9.98 Å². The highest BCUT2D eigenvalue weighted by atomic mass is 14.9. The van der Waals surface area contributed by atoms with Crippen molar-refractivity contribution in [3.63, 3.8) is 0 Å².